The molecule has 108 valence electrons. The maximum Gasteiger partial charge on any atom is 0.243 e. The Balaban J connectivity index is 3.02. The normalized spacial score (nSPS) is 11.9. The van der Waals surface area contributed by atoms with Gasteiger partial charge in [-0.1, -0.05) is 48.1 Å². The first kappa shape index (κ1) is 16.4. The molecule has 0 unspecified atom stereocenters. The highest BCUT2D eigenvalue weighted by Crippen LogP contribution is 2.16. The summed E-state index contributed by atoms with van der Waals surface area (Å²) in [5.41, 5.74) is 1.91. The number of sulfonamides is 1. The van der Waals surface area contributed by atoms with Gasteiger partial charge in [0.1, 0.15) is 0 Å². The number of nitrogens with zero attached hydrogens (tertiary/aromatic N) is 1. The first-order valence-electron chi connectivity index (χ1n) is 6.37. The summed E-state index contributed by atoms with van der Waals surface area (Å²) >= 11 is 0. The molecular formula is C16H21NO2S. The Labute approximate surface area is 122 Å². The van der Waals surface area contributed by atoms with Gasteiger partial charge in [-0.2, -0.15) is 4.31 Å². The van der Waals surface area contributed by atoms with Crippen LogP contribution in [0, 0.1) is 6.92 Å². The Morgan fingerprint density at radius 2 is 1.85 bits per heavy atom. The summed E-state index contributed by atoms with van der Waals surface area (Å²) in [5, 5.41) is 0. The number of aryl methyl sites for hydroxylation is 1. The molecule has 4 heteroatoms. The minimum absolute atomic E-state index is 0.275. The zero-order valence-electron chi connectivity index (χ0n) is 12.0. The van der Waals surface area contributed by atoms with E-state index in [4.69, 9.17) is 0 Å². The maximum absolute atomic E-state index is 12.5. The highest BCUT2D eigenvalue weighted by molar-refractivity contribution is 7.89. The second-order valence-corrected chi connectivity index (χ2v) is 6.61. The molecule has 0 aliphatic carbocycles. The van der Waals surface area contributed by atoms with Crippen molar-refractivity contribution in [1.29, 1.82) is 0 Å². The maximum atomic E-state index is 12.5. The topological polar surface area (TPSA) is 37.4 Å². The van der Waals surface area contributed by atoms with E-state index in [1.165, 1.54) is 4.31 Å². The standard InChI is InChI=1S/C16H21NO2S/c1-5-12-17(13-6-7-14(2)3)20(18,19)16-10-8-15(4)9-11-16/h5-11H,1-2,12-13H2,3-4H3/b7-6+. The van der Waals surface area contributed by atoms with Crippen LogP contribution in [0.25, 0.3) is 0 Å². The smallest absolute Gasteiger partial charge is 0.207 e. The van der Waals surface area contributed by atoms with Crippen molar-refractivity contribution in [1.82, 2.24) is 4.31 Å². The van der Waals surface area contributed by atoms with E-state index >= 15 is 0 Å². The first-order valence-corrected chi connectivity index (χ1v) is 7.81. The fourth-order valence-electron chi connectivity index (χ4n) is 1.65. The molecule has 0 saturated heterocycles. The molecule has 0 radical (unpaired) electrons. The van der Waals surface area contributed by atoms with Gasteiger partial charge in [0.25, 0.3) is 0 Å². The van der Waals surface area contributed by atoms with Crippen molar-refractivity contribution in [3.63, 3.8) is 0 Å². The Morgan fingerprint density at radius 3 is 2.35 bits per heavy atom. The molecule has 0 N–H and O–H groups in total. The van der Waals surface area contributed by atoms with Crippen molar-refractivity contribution in [3.8, 4) is 0 Å². The number of hydrogen-bond acceptors (Lipinski definition) is 2. The van der Waals surface area contributed by atoms with Gasteiger partial charge in [-0.3, -0.25) is 0 Å². The molecule has 0 bridgehead atoms. The largest absolute Gasteiger partial charge is 0.243 e. The molecule has 0 atom stereocenters. The van der Waals surface area contributed by atoms with E-state index < -0.39 is 10.0 Å². The second kappa shape index (κ2) is 7.22. The number of hydrogen-bond donors (Lipinski definition) is 0. The molecule has 1 aromatic rings. The predicted octanol–water partition coefficient (Wildman–Crippen LogP) is 3.30. The lowest BCUT2D eigenvalue weighted by atomic mass is 10.2. The van der Waals surface area contributed by atoms with Gasteiger partial charge in [-0.25, -0.2) is 8.42 Å². The van der Waals surface area contributed by atoms with Gasteiger partial charge in [0.05, 0.1) is 4.90 Å². The fraction of sp³-hybridized carbons (Fsp3) is 0.250. The SMILES string of the molecule is C=CCN(C/C=C/C(=C)C)S(=O)(=O)c1ccc(C)cc1. The van der Waals surface area contributed by atoms with E-state index in [2.05, 4.69) is 13.2 Å². The van der Waals surface area contributed by atoms with Crippen LogP contribution >= 0.6 is 0 Å². The predicted molar refractivity (Wildman–Crippen MR) is 84.1 cm³/mol. The molecule has 0 aliphatic heterocycles. The van der Waals surface area contributed by atoms with Crippen molar-refractivity contribution in [3.05, 3.63) is 66.8 Å². The van der Waals surface area contributed by atoms with Crippen LogP contribution in [0.4, 0.5) is 0 Å². The van der Waals surface area contributed by atoms with Crippen molar-refractivity contribution >= 4 is 10.0 Å². The number of benzene rings is 1. The molecule has 0 spiro atoms. The Kier molecular flexibility index (Phi) is 5.92. The van der Waals surface area contributed by atoms with Crippen molar-refractivity contribution < 1.29 is 8.42 Å². The summed E-state index contributed by atoms with van der Waals surface area (Å²) in [6.45, 7) is 11.7. The van der Waals surface area contributed by atoms with Crippen molar-refractivity contribution in [2.45, 2.75) is 18.7 Å². The molecule has 0 heterocycles. The van der Waals surface area contributed by atoms with Crippen molar-refractivity contribution in [2.24, 2.45) is 0 Å². The van der Waals surface area contributed by atoms with Crippen LogP contribution in [0.1, 0.15) is 12.5 Å². The third-order valence-corrected chi connectivity index (χ3v) is 4.55. The summed E-state index contributed by atoms with van der Waals surface area (Å²) in [4.78, 5) is 0.300. The Bertz CT molecular complexity index is 598. The van der Waals surface area contributed by atoms with E-state index in [1.807, 2.05) is 13.8 Å². The Hall–Kier alpha value is -1.65. The third kappa shape index (κ3) is 4.47. The highest BCUT2D eigenvalue weighted by atomic mass is 32.2. The quantitative estimate of drug-likeness (QED) is 0.571. The molecule has 0 fully saturated rings. The van der Waals surface area contributed by atoms with Crippen LogP contribution in [0.15, 0.2) is 66.1 Å². The fourth-order valence-corrected chi connectivity index (χ4v) is 3.01. The summed E-state index contributed by atoms with van der Waals surface area (Å²) in [7, 11) is -3.50. The lowest BCUT2D eigenvalue weighted by molar-refractivity contribution is 0.474. The van der Waals surface area contributed by atoms with E-state index in [9.17, 15) is 8.42 Å². The van der Waals surface area contributed by atoms with Crippen molar-refractivity contribution in [2.75, 3.05) is 13.1 Å². The monoisotopic (exact) mass is 291 g/mol. The Morgan fingerprint density at radius 1 is 1.25 bits per heavy atom. The van der Waals surface area contributed by atoms with Gasteiger partial charge >= 0.3 is 0 Å². The molecule has 1 rings (SSSR count). The molecule has 0 aromatic heterocycles. The van der Waals surface area contributed by atoms with Crippen LogP contribution in [0.5, 0.6) is 0 Å². The molecule has 20 heavy (non-hydrogen) atoms. The van der Waals surface area contributed by atoms with E-state index in [1.54, 1.807) is 42.5 Å². The molecule has 0 amide bonds. The van der Waals surface area contributed by atoms with E-state index in [0.29, 0.717) is 11.4 Å². The summed E-state index contributed by atoms with van der Waals surface area (Å²) < 4.78 is 26.4. The third-order valence-electron chi connectivity index (χ3n) is 2.70. The van der Waals surface area contributed by atoms with Gasteiger partial charge in [-0.05, 0) is 26.0 Å². The second-order valence-electron chi connectivity index (χ2n) is 4.67. The van der Waals surface area contributed by atoms with Gasteiger partial charge < -0.3 is 0 Å². The van der Waals surface area contributed by atoms with E-state index in [-0.39, 0.29) is 6.54 Å². The first-order chi connectivity index (χ1) is 9.37. The molecular weight excluding hydrogens is 270 g/mol. The van der Waals surface area contributed by atoms with Gasteiger partial charge in [0.2, 0.25) is 10.0 Å². The highest BCUT2D eigenvalue weighted by Gasteiger charge is 2.21. The van der Waals surface area contributed by atoms with Gasteiger partial charge in [-0.15, -0.1) is 6.58 Å². The molecule has 1 aromatic carbocycles. The molecule has 0 saturated carbocycles. The zero-order chi connectivity index (χ0) is 15.2. The van der Waals surface area contributed by atoms with Crippen LogP contribution in [-0.4, -0.2) is 25.8 Å². The molecule has 0 aliphatic rings. The summed E-state index contributed by atoms with van der Waals surface area (Å²) in [5.74, 6) is 0. The van der Waals surface area contributed by atoms with Crippen LogP contribution in [-0.2, 0) is 10.0 Å². The van der Waals surface area contributed by atoms with Crippen LogP contribution in [0.3, 0.4) is 0 Å². The summed E-state index contributed by atoms with van der Waals surface area (Å²) in [6, 6.07) is 6.85. The average molecular weight is 291 g/mol. The minimum atomic E-state index is -3.50. The molecule has 3 nitrogen and oxygen atoms in total. The van der Waals surface area contributed by atoms with Crippen LogP contribution in [0.2, 0.25) is 0 Å². The lowest BCUT2D eigenvalue weighted by Gasteiger charge is -2.19. The number of rotatable bonds is 7. The lowest BCUT2D eigenvalue weighted by Crippen LogP contribution is -2.31. The van der Waals surface area contributed by atoms with Gasteiger partial charge in [0, 0.05) is 13.1 Å². The zero-order valence-corrected chi connectivity index (χ0v) is 12.9. The minimum Gasteiger partial charge on any atom is -0.207 e. The number of allylic oxidation sites excluding steroid dienone is 2. The average Bonchev–Trinajstić information content (AvgIpc) is 2.38. The van der Waals surface area contributed by atoms with Crippen LogP contribution < -0.4 is 0 Å². The summed E-state index contributed by atoms with van der Waals surface area (Å²) in [6.07, 6.45) is 5.18. The van der Waals surface area contributed by atoms with Gasteiger partial charge in [0.15, 0.2) is 0 Å². The van der Waals surface area contributed by atoms with E-state index in [0.717, 1.165) is 11.1 Å².